The molecular weight excluding hydrogens is 460 g/mol. The number of hydrogen-bond acceptors (Lipinski definition) is 5. The maximum absolute atomic E-state index is 13.3. The second-order valence-corrected chi connectivity index (χ2v) is 9.86. The molecule has 0 spiro atoms. The van der Waals surface area contributed by atoms with E-state index in [4.69, 9.17) is 4.74 Å². The largest absolute Gasteiger partial charge is 0.496 e. The van der Waals surface area contributed by atoms with E-state index in [1.54, 1.807) is 18.1 Å². The molecule has 1 fully saturated rings. The Morgan fingerprint density at radius 3 is 2.31 bits per heavy atom. The maximum Gasteiger partial charge on any atom is 0.264 e. The molecule has 0 saturated carbocycles. The topological polar surface area (TPSA) is 67.7 Å². The number of carbonyl (C=O) groups excluding carboxylic acids is 2. The predicted octanol–water partition coefficient (Wildman–Crippen LogP) is 4.37. The zero-order valence-corrected chi connectivity index (χ0v) is 21.0. The second kappa shape index (κ2) is 9.54. The number of aryl methyl sites for hydroxylation is 2. The van der Waals surface area contributed by atoms with Gasteiger partial charge in [0.15, 0.2) is 0 Å². The minimum Gasteiger partial charge on any atom is -0.496 e. The van der Waals surface area contributed by atoms with Crippen molar-refractivity contribution in [3.63, 3.8) is 0 Å². The summed E-state index contributed by atoms with van der Waals surface area (Å²) in [5.41, 5.74) is 3.69. The fourth-order valence-corrected chi connectivity index (χ4v) is 5.61. The number of carbonyl (C=O) groups is 2. The normalized spacial score (nSPS) is 13.9. The lowest BCUT2D eigenvalue weighted by Gasteiger charge is -2.34. The standard InChI is InChI=1S/C27H28N4O3S/c1-18-9-10-21(15-23(18)34-3)25(32)29-11-13-30(14-12-29)26(33)24-16-22-19(2)28-31(27(22)35-24)17-20-7-5-4-6-8-20/h4-10,15-16H,11-14,17H2,1-3H3. The van der Waals surface area contributed by atoms with Crippen LogP contribution in [0.1, 0.15) is 36.9 Å². The molecule has 0 unspecified atom stereocenters. The molecule has 1 aliphatic rings. The SMILES string of the molecule is COc1cc(C(=O)N2CCN(C(=O)c3cc4c(C)nn(Cc5ccccc5)c4s3)CC2)ccc1C. The number of benzene rings is 2. The van der Waals surface area contributed by atoms with E-state index >= 15 is 0 Å². The molecule has 0 radical (unpaired) electrons. The fourth-order valence-electron chi connectivity index (χ4n) is 4.49. The van der Waals surface area contributed by atoms with Gasteiger partial charge >= 0.3 is 0 Å². The molecule has 0 aliphatic carbocycles. The Labute approximate surface area is 208 Å². The van der Waals surface area contributed by atoms with Crippen LogP contribution in [0.3, 0.4) is 0 Å². The van der Waals surface area contributed by atoms with Gasteiger partial charge in [-0.3, -0.25) is 14.3 Å². The summed E-state index contributed by atoms with van der Waals surface area (Å²) in [5, 5.41) is 5.71. The molecule has 8 heteroatoms. The lowest BCUT2D eigenvalue weighted by atomic mass is 10.1. The number of methoxy groups -OCH3 is 1. The third-order valence-corrected chi connectivity index (χ3v) is 7.64. The molecule has 35 heavy (non-hydrogen) atoms. The molecule has 2 aromatic heterocycles. The first kappa shape index (κ1) is 23.1. The minimum atomic E-state index is -0.0334. The summed E-state index contributed by atoms with van der Waals surface area (Å²) in [6.45, 7) is 6.64. The molecule has 4 aromatic rings. The molecule has 0 atom stereocenters. The molecule has 1 saturated heterocycles. The quantitative estimate of drug-likeness (QED) is 0.418. The molecule has 7 nitrogen and oxygen atoms in total. The number of nitrogens with zero attached hydrogens (tertiary/aromatic N) is 4. The van der Waals surface area contributed by atoms with Crippen molar-refractivity contribution in [2.75, 3.05) is 33.3 Å². The number of rotatable bonds is 5. The molecule has 2 amide bonds. The van der Waals surface area contributed by atoms with Crippen LogP contribution in [0, 0.1) is 13.8 Å². The molecule has 2 aromatic carbocycles. The van der Waals surface area contributed by atoms with Gasteiger partial charge in [0.05, 0.1) is 24.2 Å². The van der Waals surface area contributed by atoms with Crippen LogP contribution in [0.4, 0.5) is 0 Å². The van der Waals surface area contributed by atoms with Gasteiger partial charge in [0.25, 0.3) is 11.8 Å². The Morgan fingerprint density at radius 1 is 0.943 bits per heavy atom. The Kier molecular flexibility index (Phi) is 6.30. The van der Waals surface area contributed by atoms with Crippen LogP contribution >= 0.6 is 11.3 Å². The van der Waals surface area contributed by atoms with Crippen LogP contribution in [-0.2, 0) is 6.54 Å². The van der Waals surface area contributed by atoms with E-state index in [1.807, 2.05) is 59.8 Å². The van der Waals surface area contributed by atoms with Crippen molar-refractivity contribution < 1.29 is 14.3 Å². The first-order valence-electron chi connectivity index (χ1n) is 11.7. The molecule has 5 rings (SSSR count). The summed E-state index contributed by atoms with van der Waals surface area (Å²) in [7, 11) is 1.61. The van der Waals surface area contributed by atoms with Gasteiger partial charge in [-0.05, 0) is 43.2 Å². The lowest BCUT2D eigenvalue weighted by molar-refractivity contribution is 0.0538. The highest BCUT2D eigenvalue weighted by Gasteiger charge is 2.27. The number of ether oxygens (including phenoxy) is 1. The molecule has 0 N–H and O–H groups in total. The summed E-state index contributed by atoms with van der Waals surface area (Å²) < 4.78 is 7.34. The van der Waals surface area contributed by atoms with E-state index in [-0.39, 0.29) is 11.8 Å². The van der Waals surface area contributed by atoms with E-state index in [1.165, 1.54) is 16.9 Å². The summed E-state index contributed by atoms with van der Waals surface area (Å²) >= 11 is 1.49. The average molecular weight is 489 g/mol. The van der Waals surface area contributed by atoms with E-state index in [9.17, 15) is 9.59 Å². The van der Waals surface area contributed by atoms with Gasteiger partial charge in [-0.25, -0.2) is 0 Å². The van der Waals surface area contributed by atoms with Crippen molar-refractivity contribution in [1.29, 1.82) is 0 Å². The van der Waals surface area contributed by atoms with Crippen molar-refractivity contribution in [2.45, 2.75) is 20.4 Å². The van der Waals surface area contributed by atoms with Gasteiger partial charge in [0.2, 0.25) is 0 Å². The molecule has 1 aliphatic heterocycles. The number of thiophene rings is 1. The van der Waals surface area contributed by atoms with Crippen molar-refractivity contribution in [2.24, 2.45) is 0 Å². The Morgan fingerprint density at radius 2 is 1.63 bits per heavy atom. The lowest BCUT2D eigenvalue weighted by Crippen LogP contribution is -2.50. The molecular formula is C27H28N4O3S. The maximum atomic E-state index is 13.3. The number of aromatic nitrogens is 2. The number of hydrogen-bond donors (Lipinski definition) is 0. The zero-order chi connectivity index (χ0) is 24.5. The summed E-state index contributed by atoms with van der Waals surface area (Å²) in [6, 6.07) is 17.7. The van der Waals surface area contributed by atoms with Crippen LogP contribution in [0.15, 0.2) is 54.6 Å². The summed E-state index contributed by atoms with van der Waals surface area (Å²) in [6.07, 6.45) is 0. The van der Waals surface area contributed by atoms with Crippen molar-refractivity contribution in [3.8, 4) is 5.75 Å². The van der Waals surface area contributed by atoms with Gasteiger partial charge in [0.1, 0.15) is 10.6 Å². The Bertz CT molecular complexity index is 1380. The van der Waals surface area contributed by atoms with Gasteiger partial charge < -0.3 is 14.5 Å². The van der Waals surface area contributed by atoms with Crippen LogP contribution in [-0.4, -0.2) is 64.7 Å². The average Bonchev–Trinajstić information content (AvgIpc) is 3.45. The highest BCUT2D eigenvalue weighted by Crippen LogP contribution is 2.30. The van der Waals surface area contributed by atoms with Crippen LogP contribution in [0.2, 0.25) is 0 Å². The molecule has 180 valence electrons. The molecule has 0 bridgehead atoms. The van der Waals surface area contributed by atoms with Crippen molar-refractivity contribution in [1.82, 2.24) is 19.6 Å². The van der Waals surface area contributed by atoms with Crippen molar-refractivity contribution >= 4 is 33.4 Å². The van der Waals surface area contributed by atoms with E-state index < -0.39 is 0 Å². The summed E-state index contributed by atoms with van der Waals surface area (Å²) in [5.74, 6) is 0.686. The third kappa shape index (κ3) is 4.53. The highest BCUT2D eigenvalue weighted by molar-refractivity contribution is 7.20. The number of amides is 2. The Hall–Kier alpha value is -3.65. The first-order chi connectivity index (χ1) is 16.9. The molecule has 3 heterocycles. The predicted molar refractivity (Wildman–Crippen MR) is 137 cm³/mol. The van der Waals surface area contributed by atoms with Gasteiger partial charge in [-0.2, -0.15) is 5.10 Å². The Balaban J connectivity index is 1.27. The van der Waals surface area contributed by atoms with Crippen LogP contribution in [0.25, 0.3) is 10.2 Å². The van der Waals surface area contributed by atoms with E-state index in [0.29, 0.717) is 48.9 Å². The smallest absolute Gasteiger partial charge is 0.264 e. The van der Waals surface area contributed by atoms with Gasteiger partial charge in [-0.1, -0.05) is 36.4 Å². The third-order valence-electron chi connectivity index (χ3n) is 6.50. The summed E-state index contributed by atoms with van der Waals surface area (Å²) in [4.78, 5) is 31.7. The number of fused-ring (bicyclic) bond motifs is 1. The van der Waals surface area contributed by atoms with Crippen molar-refractivity contribution in [3.05, 3.63) is 81.9 Å². The van der Waals surface area contributed by atoms with E-state index in [0.717, 1.165) is 21.5 Å². The first-order valence-corrected chi connectivity index (χ1v) is 12.5. The van der Waals surface area contributed by atoms with E-state index in [2.05, 4.69) is 17.2 Å². The number of piperazine rings is 1. The fraction of sp³-hybridized carbons (Fsp3) is 0.296. The van der Waals surface area contributed by atoms with Gasteiger partial charge in [-0.15, -0.1) is 11.3 Å². The monoisotopic (exact) mass is 488 g/mol. The highest BCUT2D eigenvalue weighted by atomic mass is 32.1. The van der Waals surface area contributed by atoms with Gasteiger partial charge in [0, 0.05) is 37.1 Å². The van der Waals surface area contributed by atoms with Crippen LogP contribution in [0.5, 0.6) is 5.75 Å². The minimum absolute atomic E-state index is 0.0148. The zero-order valence-electron chi connectivity index (χ0n) is 20.2. The van der Waals surface area contributed by atoms with Crippen LogP contribution < -0.4 is 4.74 Å². The second-order valence-electron chi connectivity index (χ2n) is 8.83.